The highest BCUT2D eigenvalue weighted by atomic mass is 35.5. The van der Waals surface area contributed by atoms with Crippen molar-refractivity contribution in [2.45, 2.75) is 32.7 Å². The largest absolute Gasteiger partial charge is 0.350 e. The lowest BCUT2D eigenvalue weighted by molar-refractivity contribution is 0.0680. The molecule has 4 nitrogen and oxygen atoms in total. The Kier molecular flexibility index (Phi) is 5.85. The van der Waals surface area contributed by atoms with Gasteiger partial charge in [0.05, 0.1) is 10.6 Å². The maximum absolute atomic E-state index is 13.3. The number of fused-ring (bicyclic) bond motifs is 1. The van der Waals surface area contributed by atoms with Crippen LogP contribution in [0.1, 0.15) is 36.3 Å². The third-order valence-corrected chi connectivity index (χ3v) is 5.42. The van der Waals surface area contributed by atoms with Crippen LogP contribution in [0.15, 0.2) is 48.8 Å². The molecule has 0 unspecified atom stereocenters. The minimum Gasteiger partial charge on any atom is -0.350 e. The first-order valence-electron chi connectivity index (χ1n) is 9.30. The van der Waals surface area contributed by atoms with Crippen LogP contribution in [0.25, 0.3) is 10.9 Å². The summed E-state index contributed by atoms with van der Waals surface area (Å²) >= 11 is 5.92. The summed E-state index contributed by atoms with van der Waals surface area (Å²) in [5.41, 5.74) is 2.82. The first-order valence-corrected chi connectivity index (χ1v) is 9.68. The number of hydrogen-bond acceptors (Lipinski definition) is 2. The SMILES string of the molecule is CC(C)[C@@H](CCc1ccc(Cl)cn1)N(C)C(=O)c1cn(C)c2ccccc12. The second-order valence-corrected chi connectivity index (χ2v) is 7.84. The molecule has 0 saturated carbocycles. The average molecular weight is 384 g/mol. The first kappa shape index (κ1) is 19.4. The Morgan fingerprint density at radius 2 is 1.96 bits per heavy atom. The molecule has 2 aromatic heterocycles. The summed E-state index contributed by atoms with van der Waals surface area (Å²) in [6.45, 7) is 4.32. The van der Waals surface area contributed by atoms with Crippen LogP contribution >= 0.6 is 11.6 Å². The molecule has 0 aliphatic carbocycles. The Morgan fingerprint density at radius 1 is 1.22 bits per heavy atom. The van der Waals surface area contributed by atoms with Crippen LogP contribution in [0.2, 0.25) is 5.02 Å². The second kappa shape index (κ2) is 8.13. The van der Waals surface area contributed by atoms with E-state index in [2.05, 4.69) is 18.8 Å². The van der Waals surface area contributed by atoms with Gasteiger partial charge in [-0.05, 0) is 37.0 Å². The molecule has 2 heterocycles. The molecule has 1 atom stereocenters. The standard InChI is InChI=1S/C22H26ClN3O/c1-15(2)20(12-11-17-10-9-16(23)13-24-17)26(4)22(27)19-14-25(3)21-8-6-5-7-18(19)21/h5-10,13-15,20H,11-12H2,1-4H3/t20-/m1/s1. The monoisotopic (exact) mass is 383 g/mol. The van der Waals surface area contributed by atoms with Gasteiger partial charge in [0.15, 0.2) is 0 Å². The summed E-state index contributed by atoms with van der Waals surface area (Å²) in [5.74, 6) is 0.413. The minimum atomic E-state index is 0.0644. The highest BCUT2D eigenvalue weighted by Crippen LogP contribution is 2.24. The van der Waals surface area contributed by atoms with Gasteiger partial charge in [0.1, 0.15) is 0 Å². The molecule has 1 aromatic carbocycles. The van der Waals surface area contributed by atoms with Crippen LogP contribution in [0.4, 0.5) is 0 Å². The van der Waals surface area contributed by atoms with E-state index in [0.717, 1.165) is 35.0 Å². The Labute approximate surface area is 165 Å². The minimum absolute atomic E-state index is 0.0644. The van der Waals surface area contributed by atoms with Gasteiger partial charge in [-0.1, -0.05) is 43.6 Å². The summed E-state index contributed by atoms with van der Waals surface area (Å²) in [7, 11) is 3.88. The van der Waals surface area contributed by atoms with E-state index in [1.807, 2.05) is 66.2 Å². The van der Waals surface area contributed by atoms with Crippen molar-refractivity contribution in [2.24, 2.45) is 13.0 Å². The predicted octanol–water partition coefficient (Wildman–Crippen LogP) is 4.96. The Hall–Kier alpha value is -2.33. The van der Waals surface area contributed by atoms with Gasteiger partial charge in [-0.2, -0.15) is 0 Å². The zero-order valence-electron chi connectivity index (χ0n) is 16.3. The molecule has 0 saturated heterocycles. The maximum atomic E-state index is 13.3. The normalized spacial score (nSPS) is 12.5. The van der Waals surface area contributed by atoms with Crippen molar-refractivity contribution in [1.82, 2.24) is 14.5 Å². The number of rotatable bonds is 6. The van der Waals surface area contributed by atoms with Gasteiger partial charge in [-0.15, -0.1) is 0 Å². The molecule has 0 N–H and O–H groups in total. The number of aryl methyl sites for hydroxylation is 2. The first-order chi connectivity index (χ1) is 12.9. The zero-order valence-corrected chi connectivity index (χ0v) is 17.1. The van der Waals surface area contributed by atoms with E-state index >= 15 is 0 Å². The molecular formula is C22H26ClN3O. The van der Waals surface area contributed by atoms with E-state index in [1.54, 1.807) is 6.20 Å². The van der Waals surface area contributed by atoms with Crippen LogP contribution in [0.5, 0.6) is 0 Å². The van der Waals surface area contributed by atoms with Crippen molar-refractivity contribution in [3.63, 3.8) is 0 Å². The Morgan fingerprint density at radius 3 is 2.63 bits per heavy atom. The third-order valence-electron chi connectivity index (χ3n) is 5.20. The number of amides is 1. The van der Waals surface area contributed by atoms with E-state index in [9.17, 15) is 4.79 Å². The molecule has 27 heavy (non-hydrogen) atoms. The summed E-state index contributed by atoms with van der Waals surface area (Å²) < 4.78 is 2.01. The van der Waals surface area contributed by atoms with E-state index in [0.29, 0.717) is 10.9 Å². The number of halogens is 1. The number of carbonyl (C=O) groups excluding carboxylic acids is 1. The van der Waals surface area contributed by atoms with Crippen LogP contribution in [0.3, 0.4) is 0 Å². The second-order valence-electron chi connectivity index (χ2n) is 7.40. The topological polar surface area (TPSA) is 38.1 Å². The van der Waals surface area contributed by atoms with Gasteiger partial charge in [-0.25, -0.2) is 0 Å². The quantitative estimate of drug-likeness (QED) is 0.603. The van der Waals surface area contributed by atoms with Crippen molar-refractivity contribution < 1.29 is 4.79 Å². The van der Waals surface area contributed by atoms with Crippen molar-refractivity contribution in [3.8, 4) is 0 Å². The fourth-order valence-electron chi connectivity index (χ4n) is 3.68. The predicted molar refractivity (Wildman–Crippen MR) is 111 cm³/mol. The molecular weight excluding hydrogens is 358 g/mol. The Bertz CT molecular complexity index is 930. The highest BCUT2D eigenvalue weighted by molar-refractivity contribution is 6.30. The van der Waals surface area contributed by atoms with Crippen molar-refractivity contribution in [3.05, 3.63) is 65.1 Å². The number of aromatic nitrogens is 2. The van der Waals surface area contributed by atoms with E-state index in [4.69, 9.17) is 11.6 Å². The number of pyridine rings is 1. The van der Waals surface area contributed by atoms with Gasteiger partial charge in [0.2, 0.25) is 0 Å². The maximum Gasteiger partial charge on any atom is 0.256 e. The molecule has 0 aliphatic heterocycles. The van der Waals surface area contributed by atoms with Gasteiger partial charge < -0.3 is 9.47 Å². The summed E-state index contributed by atoms with van der Waals surface area (Å²) in [4.78, 5) is 19.5. The molecule has 0 radical (unpaired) electrons. The highest BCUT2D eigenvalue weighted by Gasteiger charge is 2.26. The number of nitrogens with zero attached hydrogens (tertiary/aromatic N) is 3. The summed E-state index contributed by atoms with van der Waals surface area (Å²) in [5, 5.41) is 1.64. The third kappa shape index (κ3) is 4.16. The number of para-hydroxylation sites is 1. The number of carbonyl (C=O) groups is 1. The average Bonchev–Trinajstić information content (AvgIpc) is 2.99. The molecule has 0 spiro atoms. The van der Waals surface area contributed by atoms with E-state index in [1.165, 1.54) is 0 Å². The summed E-state index contributed by atoms with van der Waals surface area (Å²) in [6, 6.07) is 12.0. The van der Waals surface area contributed by atoms with E-state index in [-0.39, 0.29) is 11.9 Å². The molecule has 0 aliphatic rings. The van der Waals surface area contributed by atoms with Crippen LogP contribution < -0.4 is 0 Å². The van der Waals surface area contributed by atoms with Crippen molar-refractivity contribution >= 4 is 28.4 Å². The number of benzene rings is 1. The van der Waals surface area contributed by atoms with Gasteiger partial charge in [-0.3, -0.25) is 9.78 Å². The van der Waals surface area contributed by atoms with Crippen molar-refractivity contribution in [1.29, 1.82) is 0 Å². The molecule has 142 valence electrons. The molecule has 1 amide bonds. The Balaban J connectivity index is 1.80. The fourth-order valence-corrected chi connectivity index (χ4v) is 3.79. The van der Waals surface area contributed by atoms with Crippen LogP contribution in [0, 0.1) is 5.92 Å². The lowest BCUT2D eigenvalue weighted by Crippen LogP contribution is -2.40. The van der Waals surface area contributed by atoms with Gasteiger partial charge in [0, 0.05) is 49.1 Å². The smallest absolute Gasteiger partial charge is 0.256 e. The van der Waals surface area contributed by atoms with E-state index < -0.39 is 0 Å². The molecule has 3 aromatic rings. The summed E-state index contributed by atoms with van der Waals surface area (Å²) in [6.07, 6.45) is 5.28. The molecule has 3 rings (SSSR count). The fraction of sp³-hybridized carbons (Fsp3) is 0.364. The molecule has 0 fully saturated rings. The van der Waals surface area contributed by atoms with Crippen LogP contribution in [-0.4, -0.2) is 33.4 Å². The van der Waals surface area contributed by atoms with Crippen molar-refractivity contribution in [2.75, 3.05) is 7.05 Å². The van der Waals surface area contributed by atoms with Gasteiger partial charge in [0.25, 0.3) is 5.91 Å². The van der Waals surface area contributed by atoms with Crippen LogP contribution in [-0.2, 0) is 13.5 Å². The van der Waals surface area contributed by atoms with Gasteiger partial charge >= 0.3 is 0 Å². The lowest BCUT2D eigenvalue weighted by atomic mass is 9.96. The number of hydrogen-bond donors (Lipinski definition) is 0. The molecule has 0 bridgehead atoms. The molecule has 5 heteroatoms. The zero-order chi connectivity index (χ0) is 19.6. The lowest BCUT2D eigenvalue weighted by Gasteiger charge is -2.31.